The standard InChI is InChI=1S/C26H32N2O2/c1-7-19-11-9-13-21(17(3)4)23(19)27-15-16-28(25(27)26(29)30)24-20(8-2)12-10-14-22(24)18(5)6/h9-18H,7-8H2,1-6H3. The van der Waals surface area contributed by atoms with Crippen molar-refractivity contribution in [2.45, 2.75) is 66.2 Å². The first kappa shape index (κ1) is 21.8. The highest BCUT2D eigenvalue weighted by Crippen LogP contribution is 2.29. The minimum absolute atomic E-state index is 0.153. The Kier molecular flexibility index (Phi) is 6.45. The maximum atomic E-state index is 12.5. The number of aryl methyl sites for hydroxylation is 2. The van der Waals surface area contributed by atoms with Gasteiger partial charge in [0.05, 0.1) is 0 Å². The van der Waals surface area contributed by atoms with E-state index in [1.807, 2.05) is 12.4 Å². The van der Waals surface area contributed by atoms with Gasteiger partial charge in [0, 0.05) is 11.1 Å². The van der Waals surface area contributed by atoms with E-state index in [-0.39, 0.29) is 17.7 Å². The van der Waals surface area contributed by atoms with E-state index in [0.29, 0.717) is 0 Å². The Morgan fingerprint density at radius 2 is 1.50 bits per heavy atom. The Labute approximate surface area is 179 Å². The summed E-state index contributed by atoms with van der Waals surface area (Å²) in [5.41, 5.74) is 6.42. The number of hydrogen-bond acceptors (Lipinski definition) is 2. The number of hydrogen-bond donors (Lipinski definition) is 0. The van der Waals surface area contributed by atoms with Gasteiger partial charge in [-0.05, 0) is 35.8 Å². The molecule has 0 aliphatic rings. The van der Waals surface area contributed by atoms with Crippen LogP contribution < -0.4 is 9.67 Å². The van der Waals surface area contributed by atoms with E-state index in [0.717, 1.165) is 46.5 Å². The largest absolute Gasteiger partial charge is 0.538 e. The van der Waals surface area contributed by atoms with Crippen molar-refractivity contribution >= 4 is 5.97 Å². The Hall–Kier alpha value is -2.88. The van der Waals surface area contributed by atoms with Gasteiger partial charge in [0.1, 0.15) is 23.8 Å². The molecule has 0 aliphatic heterocycles. The summed E-state index contributed by atoms with van der Waals surface area (Å²) in [4.78, 5) is 12.5. The number of carboxylic acids is 1. The van der Waals surface area contributed by atoms with Crippen molar-refractivity contribution in [2.24, 2.45) is 0 Å². The number of rotatable bonds is 7. The first-order valence-electron chi connectivity index (χ1n) is 10.9. The average Bonchev–Trinajstić information content (AvgIpc) is 3.16. The average molecular weight is 405 g/mol. The first-order valence-corrected chi connectivity index (χ1v) is 10.9. The molecule has 0 radical (unpaired) electrons. The second kappa shape index (κ2) is 8.86. The lowest BCUT2D eigenvalue weighted by Gasteiger charge is -2.17. The van der Waals surface area contributed by atoms with E-state index in [4.69, 9.17) is 0 Å². The van der Waals surface area contributed by atoms with Gasteiger partial charge in [0.25, 0.3) is 0 Å². The Bertz CT molecular complexity index is 984. The molecule has 158 valence electrons. The SMILES string of the molecule is CCc1cccc(C(C)C)c1-n1cc[n+](-c2c(CC)cccc2C(C)C)c1C(=O)[O-]. The Balaban J connectivity index is 2.39. The smallest absolute Gasteiger partial charge is 0.315 e. The molecule has 0 amide bonds. The lowest BCUT2D eigenvalue weighted by atomic mass is 9.96. The maximum Gasteiger partial charge on any atom is 0.315 e. The molecule has 4 heteroatoms. The van der Waals surface area contributed by atoms with E-state index >= 15 is 0 Å². The van der Waals surface area contributed by atoms with Crippen molar-refractivity contribution < 1.29 is 14.5 Å². The molecule has 0 unspecified atom stereocenters. The van der Waals surface area contributed by atoms with Crippen molar-refractivity contribution in [1.82, 2.24) is 4.57 Å². The second-order valence-corrected chi connectivity index (χ2v) is 8.38. The third kappa shape index (κ3) is 3.79. The zero-order valence-corrected chi connectivity index (χ0v) is 18.9. The van der Waals surface area contributed by atoms with Crippen LogP contribution in [0.3, 0.4) is 0 Å². The van der Waals surface area contributed by atoms with E-state index in [1.165, 1.54) is 0 Å². The van der Waals surface area contributed by atoms with E-state index in [2.05, 4.69) is 77.9 Å². The van der Waals surface area contributed by atoms with Crippen LogP contribution >= 0.6 is 0 Å². The van der Waals surface area contributed by atoms with Crippen LogP contribution in [0, 0.1) is 0 Å². The topological polar surface area (TPSA) is 48.9 Å². The van der Waals surface area contributed by atoms with Crippen LogP contribution in [0.5, 0.6) is 0 Å². The fourth-order valence-corrected chi connectivity index (χ4v) is 4.26. The van der Waals surface area contributed by atoms with Gasteiger partial charge in [-0.15, -0.1) is 0 Å². The highest BCUT2D eigenvalue weighted by Gasteiger charge is 2.28. The molecule has 2 aromatic carbocycles. The van der Waals surface area contributed by atoms with Crippen molar-refractivity contribution in [3.05, 3.63) is 76.9 Å². The molecule has 0 saturated carbocycles. The molecule has 0 atom stereocenters. The summed E-state index contributed by atoms with van der Waals surface area (Å²) in [5.74, 6) is -0.487. The second-order valence-electron chi connectivity index (χ2n) is 8.38. The molecule has 0 bridgehead atoms. The third-order valence-electron chi connectivity index (χ3n) is 5.79. The number of carboxylic acid groups (broad SMARTS) is 1. The van der Waals surface area contributed by atoms with E-state index in [1.54, 1.807) is 9.13 Å². The summed E-state index contributed by atoms with van der Waals surface area (Å²) in [6, 6.07) is 12.4. The summed E-state index contributed by atoms with van der Waals surface area (Å²) in [6.45, 7) is 12.7. The molecule has 3 aromatic rings. The summed E-state index contributed by atoms with van der Waals surface area (Å²) in [7, 11) is 0. The molecular formula is C26H32N2O2. The minimum Gasteiger partial charge on any atom is -0.538 e. The van der Waals surface area contributed by atoms with Crippen LogP contribution in [-0.2, 0) is 12.8 Å². The van der Waals surface area contributed by atoms with Crippen molar-refractivity contribution in [2.75, 3.05) is 0 Å². The number of nitrogens with zero attached hydrogens (tertiary/aromatic N) is 2. The maximum absolute atomic E-state index is 12.5. The molecule has 0 fully saturated rings. The van der Waals surface area contributed by atoms with Crippen LogP contribution in [-0.4, -0.2) is 10.5 Å². The molecule has 4 nitrogen and oxygen atoms in total. The zero-order valence-electron chi connectivity index (χ0n) is 18.9. The van der Waals surface area contributed by atoms with Gasteiger partial charge in [0.15, 0.2) is 5.97 Å². The van der Waals surface area contributed by atoms with Crippen LogP contribution in [0.15, 0.2) is 48.8 Å². The van der Waals surface area contributed by atoms with E-state index in [9.17, 15) is 9.90 Å². The van der Waals surface area contributed by atoms with Crippen molar-refractivity contribution in [3.8, 4) is 11.4 Å². The molecule has 0 saturated heterocycles. The molecule has 0 N–H and O–H groups in total. The molecule has 3 rings (SSSR count). The van der Waals surface area contributed by atoms with Gasteiger partial charge in [-0.1, -0.05) is 77.9 Å². The summed E-state index contributed by atoms with van der Waals surface area (Å²) in [5, 5.41) is 12.5. The normalized spacial score (nSPS) is 11.5. The van der Waals surface area contributed by atoms with Gasteiger partial charge in [-0.3, -0.25) is 0 Å². The Morgan fingerprint density at radius 1 is 0.933 bits per heavy atom. The molecule has 0 spiro atoms. The molecule has 0 aliphatic carbocycles. The fraction of sp³-hybridized carbons (Fsp3) is 0.385. The van der Waals surface area contributed by atoms with Gasteiger partial charge >= 0.3 is 5.82 Å². The molecule has 30 heavy (non-hydrogen) atoms. The van der Waals surface area contributed by atoms with E-state index < -0.39 is 5.97 Å². The number of aromatic carboxylic acids is 1. The quantitative estimate of drug-likeness (QED) is 0.545. The fourth-order valence-electron chi connectivity index (χ4n) is 4.26. The lowest BCUT2D eigenvalue weighted by molar-refractivity contribution is -0.602. The van der Waals surface area contributed by atoms with Crippen LogP contribution in [0.2, 0.25) is 0 Å². The lowest BCUT2D eigenvalue weighted by Crippen LogP contribution is -2.44. The first-order chi connectivity index (χ1) is 14.3. The number of imidazole rings is 1. The summed E-state index contributed by atoms with van der Waals surface area (Å²) >= 11 is 0. The number of carbonyl (C=O) groups excluding carboxylic acids is 1. The predicted octanol–water partition coefficient (Wildman–Crippen LogP) is 4.49. The monoisotopic (exact) mass is 404 g/mol. The molecular weight excluding hydrogens is 372 g/mol. The number of para-hydroxylation sites is 2. The molecule has 1 aromatic heterocycles. The number of aromatic nitrogens is 2. The third-order valence-corrected chi connectivity index (χ3v) is 5.79. The highest BCUT2D eigenvalue weighted by molar-refractivity contribution is 5.81. The summed E-state index contributed by atoms with van der Waals surface area (Å²) < 4.78 is 3.61. The minimum atomic E-state index is -1.18. The highest BCUT2D eigenvalue weighted by atomic mass is 16.4. The van der Waals surface area contributed by atoms with Gasteiger partial charge in [-0.2, -0.15) is 9.13 Å². The predicted molar refractivity (Wildman–Crippen MR) is 119 cm³/mol. The van der Waals surface area contributed by atoms with Crippen LogP contribution in [0.1, 0.15) is 86.3 Å². The van der Waals surface area contributed by atoms with Crippen LogP contribution in [0.4, 0.5) is 0 Å². The van der Waals surface area contributed by atoms with Crippen molar-refractivity contribution in [1.29, 1.82) is 0 Å². The molecule has 1 heterocycles. The Morgan fingerprint density at radius 3 is 2.03 bits per heavy atom. The number of carbonyl (C=O) groups is 1. The number of benzene rings is 2. The van der Waals surface area contributed by atoms with Gasteiger partial charge in [0.2, 0.25) is 0 Å². The van der Waals surface area contributed by atoms with Crippen molar-refractivity contribution in [3.63, 3.8) is 0 Å². The zero-order chi connectivity index (χ0) is 22.0. The van der Waals surface area contributed by atoms with Crippen LogP contribution in [0.25, 0.3) is 11.4 Å². The summed E-state index contributed by atoms with van der Waals surface area (Å²) in [6.07, 6.45) is 5.37. The van der Waals surface area contributed by atoms with Gasteiger partial charge in [-0.25, -0.2) is 0 Å². The van der Waals surface area contributed by atoms with Gasteiger partial charge < -0.3 is 9.90 Å².